The molecule has 4 atom stereocenters. The lowest BCUT2D eigenvalue weighted by atomic mass is 9.69. The van der Waals surface area contributed by atoms with Gasteiger partial charge in [0, 0.05) is 0 Å². The summed E-state index contributed by atoms with van der Waals surface area (Å²) in [5.41, 5.74) is 0. The lowest BCUT2D eigenvalue weighted by Crippen LogP contribution is -2.43. The summed E-state index contributed by atoms with van der Waals surface area (Å²) < 4.78 is 75.1. The maximum Gasteiger partial charge on any atom is 0.392 e. The molecule has 0 nitrogen and oxygen atoms in total. The van der Waals surface area contributed by atoms with E-state index in [9.17, 15) is 26.3 Å². The van der Waals surface area contributed by atoms with Crippen LogP contribution in [0.4, 0.5) is 26.3 Å². The third-order valence-electron chi connectivity index (χ3n) is 3.47. The Kier molecular flexibility index (Phi) is 3.50. The van der Waals surface area contributed by atoms with E-state index >= 15 is 0 Å². The molecular weight excluding hydrogens is 234 g/mol. The van der Waals surface area contributed by atoms with Crippen molar-refractivity contribution in [2.75, 3.05) is 0 Å². The summed E-state index contributed by atoms with van der Waals surface area (Å²) in [5, 5.41) is 0. The van der Waals surface area contributed by atoms with Crippen molar-refractivity contribution in [3.05, 3.63) is 0 Å². The lowest BCUT2D eigenvalue weighted by Gasteiger charge is -2.40. The third kappa shape index (κ3) is 2.83. The SMILES string of the molecule is CC1CC(C)C(C(F)(F)F)CC1C(F)(F)F. The highest BCUT2D eigenvalue weighted by atomic mass is 19.4. The van der Waals surface area contributed by atoms with Crippen molar-refractivity contribution >= 4 is 0 Å². The first-order chi connectivity index (χ1) is 7.03. The Labute approximate surface area is 90.0 Å². The minimum absolute atomic E-state index is 0.0195. The highest BCUT2D eigenvalue weighted by Crippen LogP contribution is 2.50. The summed E-state index contributed by atoms with van der Waals surface area (Å²) in [6, 6.07) is 0. The van der Waals surface area contributed by atoms with E-state index in [1.54, 1.807) is 0 Å². The first kappa shape index (κ1) is 13.6. The van der Waals surface area contributed by atoms with Crippen molar-refractivity contribution in [1.29, 1.82) is 0 Å². The van der Waals surface area contributed by atoms with Gasteiger partial charge in [-0.05, 0) is 24.7 Å². The molecule has 0 saturated heterocycles. The van der Waals surface area contributed by atoms with Crippen LogP contribution in [0.5, 0.6) is 0 Å². The van der Waals surface area contributed by atoms with E-state index in [1.807, 2.05) is 0 Å². The molecule has 0 spiro atoms. The summed E-state index contributed by atoms with van der Waals surface area (Å²) in [6.45, 7) is 2.75. The molecule has 0 aromatic heterocycles. The van der Waals surface area contributed by atoms with Crippen LogP contribution in [-0.2, 0) is 0 Å². The van der Waals surface area contributed by atoms with Gasteiger partial charge in [-0.1, -0.05) is 13.8 Å². The molecule has 16 heavy (non-hydrogen) atoms. The second-order valence-corrected chi connectivity index (χ2v) is 4.72. The fraction of sp³-hybridized carbons (Fsp3) is 1.00. The fourth-order valence-electron chi connectivity index (χ4n) is 2.57. The van der Waals surface area contributed by atoms with E-state index in [-0.39, 0.29) is 6.42 Å². The van der Waals surface area contributed by atoms with Crippen molar-refractivity contribution in [3.63, 3.8) is 0 Å². The topological polar surface area (TPSA) is 0 Å². The lowest BCUT2D eigenvalue weighted by molar-refractivity contribution is -0.242. The largest absolute Gasteiger partial charge is 0.392 e. The van der Waals surface area contributed by atoms with Crippen molar-refractivity contribution in [3.8, 4) is 0 Å². The van der Waals surface area contributed by atoms with E-state index in [1.165, 1.54) is 13.8 Å². The molecule has 0 radical (unpaired) electrons. The predicted molar refractivity (Wildman–Crippen MR) is 46.7 cm³/mol. The van der Waals surface area contributed by atoms with Crippen LogP contribution in [0, 0.1) is 23.7 Å². The Balaban J connectivity index is 2.85. The molecule has 0 aliphatic heterocycles. The molecule has 0 aromatic rings. The molecule has 0 aromatic carbocycles. The van der Waals surface area contributed by atoms with Crippen LogP contribution >= 0.6 is 0 Å². The van der Waals surface area contributed by atoms with Crippen LogP contribution in [0.2, 0.25) is 0 Å². The first-order valence-electron chi connectivity index (χ1n) is 5.17. The summed E-state index contributed by atoms with van der Waals surface area (Å²) in [4.78, 5) is 0. The van der Waals surface area contributed by atoms with Gasteiger partial charge in [-0.15, -0.1) is 0 Å². The standard InChI is InChI=1S/C10H14F6/c1-5-3-6(2)8(10(14,15)16)4-7(5)9(11,12)13/h5-8H,3-4H2,1-2H3. The van der Waals surface area contributed by atoms with Gasteiger partial charge >= 0.3 is 12.4 Å². The monoisotopic (exact) mass is 248 g/mol. The van der Waals surface area contributed by atoms with Gasteiger partial charge in [0.15, 0.2) is 0 Å². The van der Waals surface area contributed by atoms with Crippen LogP contribution in [0.3, 0.4) is 0 Å². The maximum absolute atomic E-state index is 12.5. The summed E-state index contributed by atoms with van der Waals surface area (Å²) >= 11 is 0. The van der Waals surface area contributed by atoms with Gasteiger partial charge in [0.25, 0.3) is 0 Å². The average Bonchev–Trinajstić information content (AvgIpc) is 1.97. The molecule has 1 rings (SSSR count). The Morgan fingerprint density at radius 3 is 1.25 bits per heavy atom. The number of hydrogen-bond acceptors (Lipinski definition) is 0. The average molecular weight is 248 g/mol. The van der Waals surface area contributed by atoms with Gasteiger partial charge in [0.1, 0.15) is 0 Å². The molecule has 0 amide bonds. The molecule has 96 valence electrons. The molecule has 0 heterocycles. The van der Waals surface area contributed by atoms with Crippen LogP contribution in [-0.4, -0.2) is 12.4 Å². The minimum atomic E-state index is -4.52. The minimum Gasteiger partial charge on any atom is -0.171 e. The molecule has 6 heteroatoms. The van der Waals surface area contributed by atoms with Crippen molar-refractivity contribution in [2.45, 2.75) is 39.0 Å². The molecular formula is C10H14F6. The third-order valence-corrected chi connectivity index (χ3v) is 3.47. The van der Waals surface area contributed by atoms with Gasteiger partial charge in [0.05, 0.1) is 11.8 Å². The second kappa shape index (κ2) is 4.11. The van der Waals surface area contributed by atoms with E-state index < -0.39 is 42.4 Å². The molecule has 1 aliphatic carbocycles. The fourth-order valence-corrected chi connectivity index (χ4v) is 2.57. The van der Waals surface area contributed by atoms with Gasteiger partial charge in [-0.2, -0.15) is 26.3 Å². The number of halogens is 6. The van der Waals surface area contributed by atoms with Crippen LogP contribution in [0.1, 0.15) is 26.7 Å². The Morgan fingerprint density at radius 1 is 0.688 bits per heavy atom. The van der Waals surface area contributed by atoms with Gasteiger partial charge < -0.3 is 0 Å². The highest BCUT2D eigenvalue weighted by Gasteiger charge is 2.54. The molecule has 4 unspecified atom stereocenters. The quantitative estimate of drug-likeness (QED) is 0.557. The van der Waals surface area contributed by atoms with Crippen LogP contribution < -0.4 is 0 Å². The van der Waals surface area contributed by atoms with E-state index in [0.29, 0.717) is 0 Å². The van der Waals surface area contributed by atoms with Crippen LogP contribution in [0.25, 0.3) is 0 Å². The molecule has 1 fully saturated rings. The molecule has 1 aliphatic rings. The zero-order valence-electron chi connectivity index (χ0n) is 8.99. The normalized spacial score (nSPS) is 37.5. The Bertz CT molecular complexity index is 217. The van der Waals surface area contributed by atoms with E-state index in [4.69, 9.17) is 0 Å². The Hall–Kier alpha value is -0.420. The van der Waals surface area contributed by atoms with Gasteiger partial charge in [-0.25, -0.2) is 0 Å². The predicted octanol–water partition coefficient (Wildman–Crippen LogP) is 4.41. The summed E-state index contributed by atoms with van der Waals surface area (Å²) in [5.74, 6) is -5.10. The van der Waals surface area contributed by atoms with E-state index in [2.05, 4.69) is 0 Å². The van der Waals surface area contributed by atoms with Crippen molar-refractivity contribution in [1.82, 2.24) is 0 Å². The second-order valence-electron chi connectivity index (χ2n) is 4.72. The zero-order valence-corrected chi connectivity index (χ0v) is 8.99. The maximum atomic E-state index is 12.5. The summed E-state index contributed by atoms with van der Waals surface area (Å²) in [7, 11) is 0. The molecule has 1 saturated carbocycles. The van der Waals surface area contributed by atoms with E-state index in [0.717, 1.165) is 0 Å². The number of alkyl halides is 6. The smallest absolute Gasteiger partial charge is 0.171 e. The zero-order chi connectivity index (χ0) is 12.7. The number of rotatable bonds is 0. The summed E-state index contributed by atoms with van der Waals surface area (Å²) in [6.07, 6.45) is -9.89. The van der Waals surface area contributed by atoms with Crippen molar-refractivity contribution < 1.29 is 26.3 Å². The van der Waals surface area contributed by atoms with Crippen LogP contribution in [0.15, 0.2) is 0 Å². The van der Waals surface area contributed by atoms with Gasteiger partial charge in [0.2, 0.25) is 0 Å². The van der Waals surface area contributed by atoms with Crippen molar-refractivity contribution in [2.24, 2.45) is 23.7 Å². The van der Waals surface area contributed by atoms with Gasteiger partial charge in [-0.3, -0.25) is 0 Å². The highest BCUT2D eigenvalue weighted by molar-refractivity contribution is 4.88. The Morgan fingerprint density at radius 2 is 1.00 bits per heavy atom. The molecule has 0 N–H and O–H groups in total. The number of hydrogen-bond donors (Lipinski definition) is 0. The first-order valence-corrected chi connectivity index (χ1v) is 5.17. The molecule has 0 bridgehead atoms.